The number of benzene rings is 1. The minimum absolute atomic E-state index is 0.104. The van der Waals surface area contributed by atoms with Gasteiger partial charge in [0, 0.05) is 6.42 Å². The molecule has 6 nitrogen and oxygen atoms in total. The molecule has 1 aromatic rings. The summed E-state index contributed by atoms with van der Waals surface area (Å²) in [5.41, 5.74) is 1.07. The predicted octanol–water partition coefficient (Wildman–Crippen LogP) is 1.49. The number of fused-ring (bicyclic) bond motifs is 1. The number of nitrogens with one attached hydrogen (secondary N) is 1. The van der Waals surface area contributed by atoms with Gasteiger partial charge in [-0.3, -0.25) is 9.59 Å². The average molecular weight is 293 g/mol. The fourth-order valence-corrected chi connectivity index (χ4v) is 2.26. The summed E-state index contributed by atoms with van der Waals surface area (Å²) < 4.78 is 5.45. The Balaban J connectivity index is 2.00. The summed E-state index contributed by atoms with van der Waals surface area (Å²) in [5, 5.41) is 21.4. The highest BCUT2D eigenvalue weighted by atomic mass is 16.5. The highest BCUT2D eigenvalue weighted by Gasteiger charge is 2.18. The smallest absolute Gasteiger partial charge is 0.303 e. The van der Waals surface area contributed by atoms with Crippen LogP contribution in [0.3, 0.4) is 0 Å². The molecule has 0 saturated carbocycles. The molecule has 3 N–H and O–H groups in total. The fourth-order valence-electron chi connectivity index (χ4n) is 2.26. The van der Waals surface area contributed by atoms with E-state index < -0.39 is 12.1 Å². The lowest BCUT2D eigenvalue weighted by atomic mass is 10.00. The molecule has 0 aliphatic carbocycles. The first kappa shape index (κ1) is 15.3. The second kappa shape index (κ2) is 7.08. The molecular formula is C15H19NO5. The Kier molecular flexibility index (Phi) is 5.16. The monoisotopic (exact) mass is 293 g/mol. The van der Waals surface area contributed by atoms with Gasteiger partial charge in [-0.2, -0.15) is 0 Å². The van der Waals surface area contributed by atoms with Gasteiger partial charge in [0.05, 0.1) is 18.2 Å². The number of hydrogen-bond donors (Lipinski definition) is 3. The maximum atomic E-state index is 11.9. The van der Waals surface area contributed by atoms with E-state index in [9.17, 15) is 14.7 Å². The van der Waals surface area contributed by atoms with Crippen molar-refractivity contribution in [3.8, 4) is 5.75 Å². The Labute approximate surface area is 122 Å². The minimum atomic E-state index is -0.830. The molecule has 21 heavy (non-hydrogen) atoms. The van der Waals surface area contributed by atoms with Crippen molar-refractivity contribution in [3.63, 3.8) is 0 Å². The molecule has 1 unspecified atom stereocenters. The van der Waals surface area contributed by atoms with E-state index in [0.29, 0.717) is 49.3 Å². The van der Waals surface area contributed by atoms with Crippen molar-refractivity contribution in [1.29, 1.82) is 0 Å². The molecule has 1 aromatic carbocycles. The van der Waals surface area contributed by atoms with Crippen LogP contribution < -0.4 is 10.1 Å². The van der Waals surface area contributed by atoms with Crippen molar-refractivity contribution in [2.75, 3.05) is 13.2 Å². The SMILES string of the molecule is O=C(O)CCCCC(O)c1ccc2c(c1)C(=O)NCCO2. The molecule has 6 heteroatoms. The molecule has 1 aliphatic heterocycles. The van der Waals surface area contributed by atoms with Crippen LogP contribution in [-0.2, 0) is 4.79 Å². The van der Waals surface area contributed by atoms with Crippen molar-refractivity contribution in [3.05, 3.63) is 29.3 Å². The zero-order chi connectivity index (χ0) is 15.2. The number of unbranched alkanes of at least 4 members (excludes halogenated alkanes) is 1. The molecule has 1 heterocycles. The zero-order valence-electron chi connectivity index (χ0n) is 11.7. The average Bonchev–Trinajstić information content (AvgIpc) is 2.65. The molecule has 1 amide bonds. The van der Waals surface area contributed by atoms with Crippen molar-refractivity contribution < 1.29 is 24.5 Å². The second-order valence-corrected chi connectivity index (χ2v) is 5.02. The largest absolute Gasteiger partial charge is 0.491 e. The first-order valence-corrected chi connectivity index (χ1v) is 7.02. The number of aliphatic hydroxyl groups excluding tert-OH is 1. The lowest BCUT2D eigenvalue weighted by molar-refractivity contribution is -0.137. The number of carboxylic acid groups (broad SMARTS) is 1. The van der Waals surface area contributed by atoms with Crippen molar-refractivity contribution >= 4 is 11.9 Å². The number of ether oxygens (including phenoxy) is 1. The van der Waals surface area contributed by atoms with E-state index in [1.807, 2.05) is 0 Å². The summed E-state index contributed by atoms with van der Waals surface area (Å²) in [4.78, 5) is 22.3. The van der Waals surface area contributed by atoms with E-state index in [1.165, 1.54) is 0 Å². The van der Waals surface area contributed by atoms with E-state index in [0.717, 1.165) is 0 Å². The van der Waals surface area contributed by atoms with Crippen LogP contribution in [0.4, 0.5) is 0 Å². The molecule has 114 valence electrons. The Morgan fingerprint density at radius 1 is 1.38 bits per heavy atom. The zero-order valence-corrected chi connectivity index (χ0v) is 11.7. The van der Waals surface area contributed by atoms with Gasteiger partial charge in [-0.25, -0.2) is 0 Å². The number of amides is 1. The number of carbonyl (C=O) groups is 2. The van der Waals surface area contributed by atoms with Gasteiger partial charge in [0.1, 0.15) is 12.4 Å². The Hall–Kier alpha value is -2.08. The third-order valence-electron chi connectivity index (χ3n) is 3.40. The molecule has 1 aliphatic rings. The maximum absolute atomic E-state index is 11.9. The summed E-state index contributed by atoms with van der Waals surface area (Å²) in [6, 6.07) is 5.06. The fraction of sp³-hybridized carbons (Fsp3) is 0.467. The van der Waals surface area contributed by atoms with Crippen LogP contribution in [0, 0.1) is 0 Å². The molecule has 1 atom stereocenters. The highest BCUT2D eigenvalue weighted by Crippen LogP contribution is 2.27. The molecule has 0 fully saturated rings. The summed E-state index contributed by atoms with van der Waals surface area (Å²) >= 11 is 0. The van der Waals surface area contributed by atoms with Gasteiger partial charge in [0.15, 0.2) is 0 Å². The number of aliphatic hydroxyl groups is 1. The van der Waals surface area contributed by atoms with Crippen LogP contribution in [0.25, 0.3) is 0 Å². The highest BCUT2D eigenvalue weighted by molar-refractivity contribution is 5.97. The van der Waals surface area contributed by atoms with Gasteiger partial charge >= 0.3 is 5.97 Å². The van der Waals surface area contributed by atoms with E-state index in [2.05, 4.69) is 5.32 Å². The quantitative estimate of drug-likeness (QED) is 0.691. The predicted molar refractivity (Wildman–Crippen MR) is 75.3 cm³/mol. The van der Waals surface area contributed by atoms with E-state index in [4.69, 9.17) is 9.84 Å². The first-order valence-electron chi connectivity index (χ1n) is 7.02. The normalized spacial score (nSPS) is 15.4. The van der Waals surface area contributed by atoms with E-state index in [1.54, 1.807) is 18.2 Å². The van der Waals surface area contributed by atoms with Gasteiger partial charge < -0.3 is 20.3 Å². The van der Waals surface area contributed by atoms with Gasteiger partial charge in [-0.15, -0.1) is 0 Å². The Morgan fingerprint density at radius 2 is 2.19 bits per heavy atom. The van der Waals surface area contributed by atoms with E-state index in [-0.39, 0.29) is 12.3 Å². The van der Waals surface area contributed by atoms with Crippen LogP contribution in [-0.4, -0.2) is 35.2 Å². The van der Waals surface area contributed by atoms with Crippen LogP contribution in [0.2, 0.25) is 0 Å². The third-order valence-corrected chi connectivity index (χ3v) is 3.40. The second-order valence-electron chi connectivity index (χ2n) is 5.02. The number of hydrogen-bond acceptors (Lipinski definition) is 4. The molecule has 0 spiro atoms. The topological polar surface area (TPSA) is 95.9 Å². The number of carboxylic acids is 1. The van der Waals surface area contributed by atoms with Gasteiger partial charge in [-0.05, 0) is 37.0 Å². The molecule has 0 radical (unpaired) electrons. The molecule has 0 saturated heterocycles. The Morgan fingerprint density at radius 3 is 2.95 bits per heavy atom. The summed E-state index contributed by atoms with van der Waals surface area (Å²) in [5.74, 6) is -0.516. The van der Waals surface area contributed by atoms with Crippen LogP contribution in [0.5, 0.6) is 5.75 Å². The summed E-state index contributed by atoms with van der Waals surface area (Å²) in [6.07, 6.45) is 1.01. The molecule has 2 rings (SSSR count). The molecular weight excluding hydrogens is 274 g/mol. The van der Waals surface area contributed by atoms with Crippen molar-refractivity contribution in [1.82, 2.24) is 5.32 Å². The standard InChI is InChI=1S/C15H19NO5/c17-12(3-1-2-4-14(18)19)10-5-6-13-11(9-10)15(20)16-7-8-21-13/h5-6,9,12,17H,1-4,7-8H2,(H,16,20)(H,18,19). The maximum Gasteiger partial charge on any atom is 0.303 e. The van der Waals surface area contributed by atoms with Gasteiger partial charge in [0.2, 0.25) is 0 Å². The molecule has 0 aromatic heterocycles. The summed E-state index contributed by atoms with van der Waals surface area (Å²) in [6.45, 7) is 0.885. The van der Waals surface area contributed by atoms with Gasteiger partial charge in [0.25, 0.3) is 5.91 Å². The van der Waals surface area contributed by atoms with Crippen LogP contribution >= 0.6 is 0 Å². The third kappa shape index (κ3) is 4.19. The first-order chi connectivity index (χ1) is 10.1. The van der Waals surface area contributed by atoms with Gasteiger partial charge in [-0.1, -0.05) is 6.07 Å². The summed E-state index contributed by atoms with van der Waals surface area (Å²) in [7, 11) is 0. The lowest BCUT2D eigenvalue weighted by Crippen LogP contribution is -2.24. The van der Waals surface area contributed by atoms with Crippen molar-refractivity contribution in [2.45, 2.75) is 31.8 Å². The van der Waals surface area contributed by atoms with Crippen LogP contribution in [0.1, 0.15) is 47.7 Å². The number of carbonyl (C=O) groups excluding carboxylic acids is 1. The van der Waals surface area contributed by atoms with Crippen LogP contribution in [0.15, 0.2) is 18.2 Å². The molecule has 0 bridgehead atoms. The Bertz CT molecular complexity index is 529. The number of rotatable bonds is 6. The van der Waals surface area contributed by atoms with E-state index >= 15 is 0 Å². The minimum Gasteiger partial charge on any atom is -0.491 e. The van der Waals surface area contributed by atoms with Crippen molar-refractivity contribution in [2.24, 2.45) is 0 Å². The lowest BCUT2D eigenvalue weighted by Gasteiger charge is -2.13. The number of aliphatic carboxylic acids is 1.